The molecule has 2 aromatic heterocycles. The van der Waals surface area contributed by atoms with Gasteiger partial charge >= 0.3 is 0 Å². The van der Waals surface area contributed by atoms with Crippen LogP contribution in [-0.2, 0) is 0 Å². The van der Waals surface area contributed by atoms with E-state index in [9.17, 15) is 0 Å². The van der Waals surface area contributed by atoms with Crippen LogP contribution in [-0.4, -0.2) is 16.5 Å². The smallest absolute Gasteiger partial charge is 0.223 e. The summed E-state index contributed by atoms with van der Waals surface area (Å²) in [6.45, 7) is 6.85. The van der Waals surface area contributed by atoms with E-state index in [0.717, 1.165) is 34.7 Å². The van der Waals surface area contributed by atoms with Crippen molar-refractivity contribution in [2.24, 2.45) is 0 Å². The molecule has 0 aliphatic heterocycles. The van der Waals surface area contributed by atoms with Crippen molar-refractivity contribution < 1.29 is 4.42 Å². The van der Waals surface area contributed by atoms with Crippen molar-refractivity contribution in [1.29, 1.82) is 0 Å². The molecule has 0 amide bonds. The molecule has 3 rings (SSSR count). The van der Waals surface area contributed by atoms with Gasteiger partial charge in [-0.05, 0) is 45.0 Å². The van der Waals surface area contributed by atoms with Crippen molar-refractivity contribution in [3.8, 4) is 11.5 Å². The molecule has 0 spiro atoms. The maximum absolute atomic E-state index is 5.88. The lowest BCUT2D eigenvalue weighted by Crippen LogP contribution is -2.03. The van der Waals surface area contributed by atoms with Crippen molar-refractivity contribution in [1.82, 2.24) is 9.97 Å². The number of nitrogens with one attached hydrogen (secondary N) is 1. The van der Waals surface area contributed by atoms with Crippen LogP contribution in [0.1, 0.15) is 18.2 Å². The number of aromatic nitrogens is 2. The van der Waals surface area contributed by atoms with Crippen LogP contribution in [0.5, 0.6) is 0 Å². The molecule has 1 N–H and O–H groups in total. The topological polar surface area (TPSA) is 51.0 Å². The third-order valence-corrected chi connectivity index (χ3v) is 3.11. The van der Waals surface area contributed by atoms with Crippen LogP contribution in [0.2, 0.25) is 0 Å². The Hall–Kier alpha value is -2.36. The van der Waals surface area contributed by atoms with Gasteiger partial charge in [0.15, 0.2) is 5.76 Å². The number of furan rings is 1. The molecule has 1 aromatic carbocycles. The van der Waals surface area contributed by atoms with Crippen molar-refractivity contribution in [2.45, 2.75) is 20.8 Å². The molecule has 3 aromatic rings. The number of benzene rings is 1. The maximum Gasteiger partial charge on any atom is 0.223 e. The minimum absolute atomic E-state index is 0.638. The third-order valence-electron chi connectivity index (χ3n) is 3.11. The lowest BCUT2D eigenvalue weighted by atomic mass is 10.2. The molecule has 0 unspecified atom stereocenters. The van der Waals surface area contributed by atoms with E-state index in [1.165, 1.54) is 5.56 Å². The molecule has 0 saturated heterocycles. The predicted molar refractivity (Wildman–Crippen MR) is 80.9 cm³/mol. The highest BCUT2D eigenvalue weighted by molar-refractivity contribution is 5.82. The highest BCUT2D eigenvalue weighted by atomic mass is 16.3. The summed E-state index contributed by atoms with van der Waals surface area (Å²) < 4.78 is 5.88. The van der Waals surface area contributed by atoms with Gasteiger partial charge in [-0.2, -0.15) is 0 Å². The van der Waals surface area contributed by atoms with Gasteiger partial charge in [0.25, 0.3) is 0 Å². The second-order valence-corrected chi connectivity index (χ2v) is 4.90. The van der Waals surface area contributed by atoms with E-state index in [-0.39, 0.29) is 0 Å². The van der Waals surface area contributed by atoms with E-state index in [0.29, 0.717) is 5.95 Å². The first-order valence-electron chi connectivity index (χ1n) is 6.76. The number of fused-ring (bicyclic) bond motifs is 1. The Balaban J connectivity index is 2.10. The molecule has 102 valence electrons. The Morgan fingerprint density at radius 2 is 1.95 bits per heavy atom. The second kappa shape index (κ2) is 4.96. The number of rotatable bonds is 3. The first kappa shape index (κ1) is 12.7. The van der Waals surface area contributed by atoms with E-state index >= 15 is 0 Å². The first-order chi connectivity index (χ1) is 9.65. The van der Waals surface area contributed by atoms with Gasteiger partial charge < -0.3 is 9.73 Å². The van der Waals surface area contributed by atoms with Crippen LogP contribution in [0.4, 0.5) is 5.95 Å². The molecule has 2 heterocycles. The van der Waals surface area contributed by atoms with Crippen molar-refractivity contribution in [3.05, 3.63) is 41.6 Å². The van der Waals surface area contributed by atoms with Gasteiger partial charge in [-0.1, -0.05) is 11.6 Å². The van der Waals surface area contributed by atoms with Crippen LogP contribution in [0.3, 0.4) is 0 Å². The minimum atomic E-state index is 0.638. The highest BCUT2D eigenvalue weighted by Crippen LogP contribution is 2.28. The van der Waals surface area contributed by atoms with E-state index in [4.69, 9.17) is 4.42 Å². The fraction of sp³-hybridized carbons (Fsp3) is 0.250. The third kappa shape index (κ3) is 2.37. The molecule has 0 atom stereocenters. The fourth-order valence-electron chi connectivity index (χ4n) is 2.22. The number of hydrogen-bond acceptors (Lipinski definition) is 4. The predicted octanol–water partition coefficient (Wildman–Crippen LogP) is 3.94. The molecule has 4 nitrogen and oxygen atoms in total. The average molecular weight is 267 g/mol. The average Bonchev–Trinajstić information content (AvgIpc) is 2.81. The number of anilines is 1. The Labute approximate surface area is 117 Å². The second-order valence-electron chi connectivity index (χ2n) is 4.90. The van der Waals surface area contributed by atoms with Crippen molar-refractivity contribution in [2.75, 3.05) is 11.9 Å². The van der Waals surface area contributed by atoms with Crippen LogP contribution in [0.25, 0.3) is 22.4 Å². The van der Waals surface area contributed by atoms with Gasteiger partial charge in [0, 0.05) is 17.6 Å². The summed E-state index contributed by atoms with van der Waals surface area (Å²) >= 11 is 0. The lowest BCUT2D eigenvalue weighted by molar-refractivity contribution is 0.628. The van der Waals surface area contributed by atoms with Crippen molar-refractivity contribution >= 4 is 16.9 Å². The summed E-state index contributed by atoms with van der Waals surface area (Å²) in [7, 11) is 0. The Morgan fingerprint density at radius 1 is 1.10 bits per heavy atom. The first-order valence-corrected chi connectivity index (χ1v) is 6.76. The molecule has 0 radical (unpaired) electrons. The SMILES string of the molecule is CCNc1nc(C)cc(-c2cc3cc(C)ccc3o2)n1. The van der Waals surface area contributed by atoms with E-state index in [2.05, 4.69) is 28.3 Å². The minimum Gasteiger partial charge on any atom is -0.454 e. The number of hydrogen-bond donors (Lipinski definition) is 1. The van der Waals surface area contributed by atoms with Gasteiger partial charge in [-0.3, -0.25) is 0 Å². The zero-order valence-electron chi connectivity index (χ0n) is 11.9. The summed E-state index contributed by atoms with van der Waals surface area (Å²) in [6, 6.07) is 10.1. The molecule has 0 saturated carbocycles. The molecular weight excluding hydrogens is 250 g/mol. The Bertz CT molecular complexity index is 762. The van der Waals surface area contributed by atoms with Gasteiger partial charge in [0.1, 0.15) is 11.3 Å². The zero-order chi connectivity index (χ0) is 14.1. The normalized spacial score (nSPS) is 10.9. The van der Waals surface area contributed by atoms with Crippen LogP contribution < -0.4 is 5.32 Å². The summed E-state index contributed by atoms with van der Waals surface area (Å²) in [5.41, 5.74) is 3.83. The van der Waals surface area contributed by atoms with Gasteiger partial charge in [0.05, 0.1) is 0 Å². The Morgan fingerprint density at radius 3 is 2.75 bits per heavy atom. The maximum atomic E-state index is 5.88. The van der Waals surface area contributed by atoms with E-state index in [1.807, 2.05) is 38.1 Å². The molecule has 0 aliphatic rings. The highest BCUT2D eigenvalue weighted by Gasteiger charge is 2.10. The fourth-order valence-corrected chi connectivity index (χ4v) is 2.22. The van der Waals surface area contributed by atoms with Gasteiger partial charge in [0.2, 0.25) is 5.95 Å². The standard InChI is InChI=1S/C16H17N3O/c1-4-17-16-18-11(3)8-13(19-16)15-9-12-7-10(2)5-6-14(12)20-15/h5-9H,4H2,1-3H3,(H,17,18,19). The quantitative estimate of drug-likeness (QED) is 0.781. The summed E-state index contributed by atoms with van der Waals surface area (Å²) in [5, 5.41) is 4.24. The molecule has 0 aliphatic carbocycles. The van der Waals surface area contributed by atoms with E-state index in [1.54, 1.807) is 0 Å². The Kier molecular flexibility index (Phi) is 3.14. The van der Waals surface area contributed by atoms with Crippen LogP contribution >= 0.6 is 0 Å². The molecule has 0 bridgehead atoms. The molecule has 0 fully saturated rings. The molecule has 20 heavy (non-hydrogen) atoms. The number of nitrogens with zero attached hydrogens (tertiary/aromatic N) is 2. The number of aryl methyl sites for hydroxylation is 2. The summed E-state index contributed by atoms with van der Waals surface area (Å²) in [5.74, 6) is 1.41. The van der Waals surface area contributed by atoms with Crippen LogP contribution in [0, 0.1) is 13.8 Å². The monoisotopic (exact) mass is 267 g/mol. The summed E-state index contributed by atoms with van der Waals surface area (Å²) in [6.07, 6.45) is 0. The largest absolute Gasteiger partial charge is 0.454 e. The van der Waals surface area contributed by atoms with E-state index < -0.39 is 0 Å². The summed E-state index contributed by atoms with van der Waals surface area (Å²) in [4.78, 5) is 8.85. The molecule has 4 heteroatoms. The van der Waals surface area contributed by atoms with Crippen molar-refractivity contribution in [3.63, 3.8) is 0 Å². The van der Waals surface area contributed by atoms with Crippen LogP contribution in [0.15, 0.2) is 34.7 Å². The molecular formula is C16H17N3O. The lowest BCUT2D eigenvalue weighted by Gasteiger charge is -2.04. The van der Waals surface area contributed by atoms with Gasteiger partial charge in [-0.25, -0.2) is 9.97 Å². The zero-order valence-corrected chi connectivity index (χ0v) is 11.9. The van der Waals surface area contributed by atoms with Gasteiger partial charge in [-0.15, -0.1) is 0 Å².